The molecule has 168 valence electrons. The summed E-state index contributed by atoms with van der Waals surface area (Å²) in [6.45, 7) is 1.93. The summed E-state index contributed by atoms with van der Waals surface area (Å²) in [5.74, 6) is 0.566. The Morgan fingerprint density at radius 1 is 1.12 bits per heavy atom. The van der Waals surface area contributed by atoms with Crippen molar-refractivity contribution in [3.05, 3.63) is 83.7 Å². The van der Waals surface area contributed by atoms with Crippen molar-refractivity contribution >= 4 is 11.8 Å². The smallest absolute Gasteiger partial charge is 0.320 e. The van der Waals surface area contributed by atoms with Crippen LogP contribution in [0.15, 0.2) is 67.0 Å². The van der Waals surface area contributed by atoms with E-state index >= 15 is 0 Å². The van der Waals surface area contributed by atoms with Gasteiger partial charge in [0.05, 0.1) is 24.0 Å². The molecule has 2 atom stereocenters. The molecule has 0 spiro atoms. The summed E-state index contributed by atoms with van der Waals surface area (Å²) in [7, 11) is 1.85. The maximum Gasteiger partial charge on any atom is 0.320 e. The van der Waals surface area contributed by atoms with Crippen LogP contribution < -0.4 is 10.6 Å². The number of fused-ring (bicyclic) bond motifs is 1. The van der Waals surface area contributed by atoms with Gasteiger partial charge >= 0.3 is 6.03 Å². The molecule has 5 rings (SSSR count). The summed E-state index contributed by atoms with van der Waals surface area (Å²) in [6, 6.07) is 16.7. The number of urea groups is 1. The fraction of sp³-hybridized carbons (Fsp3) is 0.240. The molecule has 2 amide bonds. The van der Waals surface area contributed by atoms with Gasteiger partial charge < -0.3 is 10.4 Å². The summed E-state index contributed by atoms with van der Waals surface area (Å²) in [6.07, 6.45) is 4.41. The topological polar surface area (TPSA) is 97.0 Å². The molecule has 3 N–H and O–H groups in total. The van der Waals surface area contributed by atoms with Crippen molar-refractivity contribution < 1.29 is 9.90 Å². The molecule has 2 aromatic carbocycles. The fourth-order valence-corrected chi connectivity index (χ4v) is 4.42. The van der Waals surface area contributed by atoms with E-state index in [2.05, 4.69) is 15.7 Å². The molecule has 1 aliphatic carbocycles. The third kappa shape index (κ3) is 4.01. The minimum Gasteiger partial charge on any atom is -0.391 e. The maximum absolute atomic E-state index is 13.1. The molecule has 0 saturated heterocycles. The van der Waals surface area contributed by atoms with Crippen molar-refractivity contribution in [1.29, 1.82) is 0 Å². The second kappa shape index (κ2) is 8.55. The molecule has 2 aromatic heterocycles. The van der Waals surface area contributed by atoms with Crippen molar-refractivity contribution in [3.8, 4) is 16.9 Å². The molecule has 0 radical (unpaired) electrons. The number of carbonyl (C=O) groups excluding carboxylic acids is 1. The van der Waals surface area contributed by atoms with Gasteiger partial charge in [0.15, 0.2) is 0 Å². The molecule has 0 bridgehead atoms. The molecule has 0 saturated carbocycles. The van der Waals surface area contributed by atoms with Gasteiger partial charge in [-0.05, 0) is 43.0 Å². The SMILES string of the molecule is Cc1c(-c2cnn(C)c2)nn(-c2ccccc2)c1NC(=O)N[C@H]1c2ccccc2CC[C@@H]1O. The van der Waals surface area contributed by atoms with Crippen molar-refractivity contribution in [3.63, 3.8) is 0 Å². The minimum absolute atomic E-state index is 0.395. The van der Waals surface area contributed by atoms with Crippen molar-refractivity contribution in [2.24, 2.45) is 7.05 Å². The summed E-state index contributed by atoms with van der Waals surface area (Å²) in [5.41, 5.74) is 5.36. The van der Waals surface area contributed by atoms with Crippen LogP contribution in [0.5, 0.6) is 0 Å². The Kier molecular flexibility index (Phi) is 5.43. The van der Waals surface area contributed by atoms with Crippen LogP contribution in [-0.4, -0.2) is 36.8 Å². The number of benzene rings is 2. The van der Waals surface area contributed by atoms with Crippen LogP contribution in [0.4, 0.5) is 10.6 Å². The second-order valence-corrected chi connectivity index (χ2v) is 8.35. The lowest BCUT2D eigenvalue weighted by Gasteiger charge is -2.31. The molecule has 8 nitrogen and oxygen atoms in total. The van der Waals surface area contributed by atoms with Gasteiger partial charge in [-0.3, -0.25) is 10.00 Å². The molecular formula is C25H26N6O2. The average Bonchev–Trinajstić information content (AvgIpc) is 3.39. The zero-order chi connectivity index (χ0) is 22.9. The number of aliphatic hydroxyl groups excluding tert-OH is 1. The summed E-state index contributed by atoms with van der Waals surface area (Å²) in [5, 5.41) is 25.6. The Labute approximate surface area is 191 Å². The Hall–Kier alpha value is -3.91. The van der Waals surface area contributed by atoms with E-state index in [9.17, 15) is 9.90 Å². The number of aryl methyl sites for hydroxylation is 2. The first-order chi connectivity index (χ1) is 16.0. The standard InChI is InChI=1S/C25H26N6O2/c1-16-22(18-14-26-30(2)15-18)29-31(19-9-4-3-5-10-19)24(16)28-25(33)27-23-20-11-7-6-8-17(20)12-13-21(23)32/h3-11,14-15,21,23,32H,12-13H2,1-2H3,(H2,27,28,33)/t21-,23-/m0/s1. The van der Waals surface area contributed by atoms with Gasteiger partial charge in [0.1, 0.15) is 11.5 Å². The highest BCUT2D eigenvalue weighted by Crippen LogP contribution is 2.32. The number of aromatic nitrogens is 4. The van der Waals surface area contributed by atoms with Gasteiger partial charge in [0.25, 0.3) is 0 Å². The number of para-hydroxylation sites is 1. The van der Waals surface area contributed by atoms with Gasteiger partial charge in [-0.1, -0.05) is 42.5 Å². The molecule has 4 aromatic rings. The van der Waals surface area contributed by atoms with Crippen LogP contribution in [0.2, 0.25) is 0 Å². The predicted octanol–water partition coefficient (Wildman–Crippen LogP) is 3.75. The van der Waals surface area contributed by atoms with E-state index < -0.39 is 18.2 Å². The highest BCUT2D eigenvalue weighted by molar-refractivity contribution is 5.91. The first kappa shape index (κ1) is 21.0. The van der Waals surface area contributed by atoms with Gasteiger partial charge in [-0.2, -0.15) is 10.2 Å². The van der Waals surface area contributed by atoms with E-state index in [4.69, 9.17) is 5.10 Å². The van der Waals surface area contributed by atoms with Crippen molar-refractivity contribution in [2.45, 2.75) is 31.9 Å². The number of nitrogens with one attached hydrogen (secondary N) is 2. The number of amides is 2. The Bertz CT molecular complexity index is 1290. The van der Waals surface area contributed by atoms with E-state index in [1.54, 1.807) is 15.6 Å². The highest BCUT2D eigenvalue weighted by Gasteiger charge is 2.30. The normalized spacial score (nSPS) is 17.4. The quantitative estimate of drug-likeness (QED) is 0.448. The Balaban J connectivity index is 1.48. The van der Waals surface area contributed by atoms with E-state index in [1.807, 2.05) is 74.8 Å². The zero-order valence-corrected chi connectivity index (χ0v) is 18.6. The lowest BCUT2D eigenvalue weighted by Crippen LogP contribution is -2.41. The molecule has 0 aliphatic heterocycles. The van der Waals surface area contributed by atoms with Crippen LogP contribution in [0.25, 0.3) is 16.9 Å². The first-order valence-electron chi connectivity index (χ1n) is 11.0. The van der Waals surface area contributed by atoms with Gasteiger partial charge in [-0.15, -0.1) is 0 Å². The van der Waals surface area contributed by atoms with Crippen LogP contribution >= 0.6 is 0 Å². The predicted molar refractivity (Wildman–Crippen MR) is 126 cm³/mol. The van der Waals surface area contributed by atoms with Crippen LogP contribution in [0.1, 0.15) is 29.2 Å². The molecule has 33 heavy (non-hydrogen) atoms. The van der Waals surface area contributed by atoms with Crippen LogP contribution in [0.3, 0.4) is 0 Å². The summed E-state index contributed by atoms with van der Waals surface area (Å²) >= 11 is 0. The lowest BCUT2D eigenvalue weighted by molar-refractivity contribution is 0.114. The number of nitrogens with zero attached hydrogens (tertiary/aromatic N) is 4. The third-order valence-corrected chi connectivity index (χ3v) is 6.10. The van der Waals surface area contributed by atoms with E-state index in [-0.39, 0.29) is 0 Å². The molecule has 0 unspecified atom stereocenters. The largest absolute Gasteiger partial charge is 0.391 e. The number of hydrogen-bond acceptors (Lipinski definition) is 4. The number of aliphatic hydroxyl groups is 1. The fourth-order valence-electron chi connectivity index (χ4n) is 4.42. The van der Waals surface area contributed by atoms with Gasteiger partial charge in [0.2, 0.25) is 0 Å². The van der Waals surface area contributed by atoms with Crippen molar-refractivity contribution in [1.82, 2.24) is 24.9 Å². The minimum atomic E-state index is -0.642. The third-order valence-electron chi connectivity index (χ3n) is 6.10. The number of carbonyl (C=O) groups is 1. The average molecular weight is 443 g/mol. The summed E-state index contributed by atoms with van der Waals surface area (Å²) in [4.78, 5) is 13.1. The second-order valence-electron chi connectivity index (χ2n) is 8.35. The highest BCUT2D eigenvalue weighted by atomic mass is 16.3. The maximum atomic E-state index is 13.1. The molecule has 8 heteroatoms. The molecular weight excluding hydrogens is 416 g/mol. The van der Waals surface area contributed by atoms with E-state index in [1.165, 1.54) is 0 Å². The van der Waals surface area contributed by atoms with Gasteiger partial charge in [0, 0.05) is 24.4 Å². The molecule has 2 heterocycles. The van der Waals surface area contributed by atoms with Gasteiger partial charge in [-0.25, -0.2) is 9.48 Å². The van der Waals surface area contributed by atoms with E-state index in [0.717, 1.165) is 40.1 Å². The Morgan fingerprint density at radius 2 is 1.88 bits per heavy atom. The van der Waals surface area contributed by atoms with Crippen LogP contribution in [0, 0.1) is 6.92 Å². The monoisotopic (exact) mass is 442 g/mol. The van der Waals surface area contributed by atoms with Crippen molar-refractivity contribution in [2.75, 3.05) is 5.32 Å². The Morgan fingerprint density at radius 3 is 2.64 bits per heavy atom. The molecule has 1 aliphatic rings. The number of rotatable bonds is 4. The van der Waals surface area contributed by atoms with Crippen LogP contribution in [-0.2, 0) is 13.5 Å². The van der Waals surface area contributed by atoms with E-state index in [0.29, 0.717) is 12.2 Å². The zero-order valence-electron chi connectivity index (χ0n) is 18.6. The molecule has 0 fully saturated rings. The first-order valence-corrected chi connectivity index (χ1v) is 11.0. The number of hydrogen-bond donors (Lipinski definition) is 3. The number of anilines is 1. The summed E-state index contributed by atoms with van der Waals surface area (Å²) < 4.78 is 3.44. The lowest BCUT2D eigenvalue weighted by atomic mass is 9.86.